The number of amidine groups is 1. The third-order valence-electron chi connectivity index (χ3n) is 4.37. The zero-order valence-electron chi connectivity index (χ0n) is 15.6. The first-order chi connectivity index (χ1) is 14.0. The number of anilines is 2. The van der Waals surface area contributed by atoms with E-state index < -0.39 is 5.25 Å². The van der Waals surface area contributed by atoms with Gasteiger partial charge in [-0.2, -0.15) is 0 Å². The molecule has 1 fully saturated rings. The molecule has 1 N–H and O–H groups in total. The Morgan fingerprint density at radius 1 is 1.21 bits per heavy atom. The van der Waals surface area contributed by atoms with Gasteiger partial charge in [-0.1, -0.05) is 27.7 Å². The van der Waals surface area contributed by atoms with Crippen molar-refractivity contribution in [3.63, 3.8) is 0 Å². The Morgan fingerprint density at radius 3 is 2.72 bits per heavy atom. The highest BCUT2D eigenvalue weighted by Gasteiger charge is 2.40. The van der Waals surface area contributed by atoms with Crippen LogP contribution in [-0.2, 0) is 9.59 Å². The normalized spacial score (nSPS) is 18.5. The maximum absolute atomic E-state index is 12.9. The lowest BCUT2D eigenvalue weighted by Gasteiger charge is -2.16. The highest BCUT2D eigenvalue weighted by atomic mass is 79.9. The van der Waals surface area contributed by atoms with E-state index in [1.54, 1.807) is 12.1 Å². The maximum Gasteiger partial charge on any atom is 0.247 e. The molecule has 0 unspecified atom stereocenters. The first-order valence-electron chi connectivity index (χ1n) is 9.05. The molecule has 9 heteroatoms. The van der Waals surface area contributed by atoms with Crippen molar-refractivity contribution in [2.45, 2.75) is 18.6 Å². The molecule has 0 aromatic heterocycles. The van der Waals surface area contributed by atoms with E-state index in [1.165, 1.54) is 16.7 Å². The van der Waals surface area contributed by atoms with Crippen LogP contribution in [-0.4, -0.2) is 35.6 Å². The molecule has 2 heterocycles. The van der Waals surface area contributed by atoms with Crippen LogP contribution in [0.15, 0.2) is 51.9 Å². The number of rotatable bonds is 4. The van der Waals surface area contributed by atoms with Crippen molar-refractivity contribution < 1.29 is 19.1 Å². The number of hydrogen-bond acceptors (Lipinski definition) is 6. The number of nitrogens with zero attached hydrogens (tertiary/aromatic N) is 2. The summed E-state index contributed by atoms with van der Waals surface area (Å²) in [6.45, 7) is 2.66. The molecule has 2 aliphatic heterocycles. The van der Waals surface area contributed by atoms with Gasteiger partial charge in [0.15, 0.2) is 16.7 Å². The number of amides is 2. The van der Waals surface area contributed by atoms with Crippen LogP contribution < -0.4 is 19.7 Å². The molecule has 4 rings (SSSR count). The minimum absolute atomic E-state index is 0.130. The molecule has 2 aromatic carbocycles. The Balaban J connectivity index is 1.48. The summed E-state index contributed by atoms with van der Waals surface area (Å²) < 4.78 is 11.6. The van der Waals surface area contributed by atoms with Crippen LogP contribution in [0.5, 0.6) is 11.5 Å². The lowest BCUT2D eigenvalue weighted by molar-refractivity contribution is -0.121. The second-order valence-corrected chi connectivity index (χ2v) is 8.43. The van der Waals surface area contributed by atoms with E-state index in [0.29, 0.717) is 28.9 Å². The quantitative estimate of drug-likeness (QED) is 0.408. The van der Waals surface area contributed by atoms with Crippen LogP contribution in [0.2, 0.25) is 0 Å². The van der Waals surface area contributed by atoms with Gasteiger partial charge in [0.2, 0.25) is 18.6 Å². The second-order valence-electron chi connectivity index (χ2n) is 6.33. The summed E-state index contributed by atoms with van der Waals surface area (Å²) in [7, 11) is 0. The lowest BCUT2D eigenvalue weighted by atomic mass is 10.3. The van der Waals surface area contributed by atoms with E-state index >= 15 is 0 Å². The maximum atomic E-state index is 12.9. The molecule has 2 aliphatic rings. The van der Waals surface area contributed by atoms with Gasteiger partial charge in [0.25, 0.3) is 0 Å². The third kappa shape index (κ3) is 4.25. The van der Waals surface area contributed by atoms with Gasteiger partial charge in [-0.25, -0.2) is 4.90 Å². The number of fused-ring (bicyclic) bond motifs is 1. The van der Waals surface area contributed by atoms with Gasteiger partial charge in [0.05, 0.1) is 5.69 Å². The number of thioether (sulfide) groups is 1. The summed E-state index contributed by atoms with van der Waals surface area (Å²) in [6, 6.07) is 12.6. The summed E-state index contributed by atoms with van der Waals surface area (Å²) in [4.78, 5) is 31.1. The van der Waals surface area contributed by atoms with E-state index in [1.807, 2.05) is 37.3 Å². The smallest absolute Gasteiger partial charge is 0.247 e. The molecule has 7 nitrogen and oxygen atoms in total. The van der Waals surface area contributed by atoms with E-state index in [2.05, 4.69) is 26.2 Å². The molecule has 1 saturated heterocycles. The fourth-order valence-electron chi connectivity index (χ4n) is 3.04. The number of nitrogens with one attached hydrogen (secondary N) is 1. The van der Waals surface area contributed by atoms with Gasteiger partial charge in [0.1, 0.15) is 5.25 Å². The Hall–Kier alpha value is -2.52. The van der Waals surface area contributed by atoms with E-state index in [-0.39, 0.29) is 25.0 Å². The van der Waals surface area contributed by atoms with Crippen LogP contribution in [0.25, 0.3) is 0 Å². The molecular weight excluding hydrogens is 458 g/mol. The predicted octanol–water partition coefficient (Wildman–Crippen LogP) is 4.03. The van der Waals surface area contributed by atoms with Gasteiger partial charge in [0, 0.05) is 29.2 Å². The number of carbonyl (C=O) groups is 2. The summed E-state index contributed by atoms with van der Waals surface area (Å²) >= 11 is 4.63. The van der Waals surface area contributed by atoms with Crippen molar-refractivity contribution >= 4 is 56.0 Å². The standard InChI is InChI=1S/C20H18BrN3O4S/c1-2-22-20(23-13-5-8-15-16(9-13)28-11-27-15)29-17-10-18(25)24(19(17)26)14-6-3-12(21)4-7-14/h3-9,17H,2,10-11H2,1H3,(H,22,23)/t17-/m1/s1. The van der Waals surface area contributed by atoms with Crippen LogP contribution in [0.4, 0.5) is 11.4 Å². The monoisotopic (exact) mass is 475 g/mol. The molecular formula is C20H18BrN3O4S. The summed E-state index contributed by atoms with van der Waals surface area (Å²) in [5, 5.41) is 3.27. The van der Waals surface area contributed by atoms with Gasteiger partial charge >= 0.3 is 0 Å². The first-order valence-corrected chi connectivity index (χ1v) is 10.7. The molecule has 0 aliphatic carbocycles. The number of imide groups is 1. The minimum Gasteiger partial charge on any atom is -0.454 e. The van der Waals surface area contributed by atoms with E-state index in [9.17, 15) is 9.59 Å². The van der Waals surface area contributed by atoms with Crippen LogP contribution in [0.1, 0.15) is 13.3 Å². The van der Waals surface area contributed by atoms with Crippen molar-refractivity contribution in [3.8, 4) is 11.5 Å². The topological polar surface area (TPSA) is 80.2 Å². The lowest BCUT2D eigenvalue weighted by Crippen LogP contribution is -2.31. The highest BCUT2D eigenvalue weighted by Crippen LogP contribution is 2.35. The Bertz CT molecular complexity index is 980. The molecule has 0 bridgehead atoms. The second kappa shape index (κ2) is 8.46. The van der Waals surface area contributed by atoms with E-state index in [0.717, 1.165) is 10.2 Å². The van der Waals surface area contributed by atoms with Crippen molar-refractivity contribution in [2.75, 3.05) is 23.6 Å². The first kappa shape index (κ1) is 19.8. The van der Waals surface area contributed by atoms with Crippen LogP contribution in [0.3, 0.4) is 0 Å². The van der Waals surface area contributed by atoms with Crippen molar-refractivity contribution in [1.29, 1.82) is 0 Å². The van der Waals surface area contributed by atoms with Gasteiger partial charge in [-0.05, 0) is 43.3 Å². The van der Waals surface area contributed by atoms with Crippen molar-refractivity contribution in [2.24, 2.45) is 4.99 Å². The third-order valence-corrected chi connectivity index (χ3v) is 6.01. The Kier molecular flexibility index (Phi) is 5.77. The number of ether oxygens (including phenoxy) is 2. The molecule has 2 amide bonds. The summed E-state index contributed by atoms with van der Waals surface area (Å²) in [6.07, 6.45) is 0.130. The van der Waals surface area contributed by atoms with Crippen molar-refractivity contribution in [1.82, 2.24) is 0 Å². The molecule has 29 heavy (non-hydrogen) atoms. The number of hydrogen-bond donors (Lipinski definition) is 1. The minimum atomic E-state index is -0.530. The number of benzene rings is 2. The van der Waals surface area contributed by atoms with Crippen LogP contribution >= 0.6 is 27.7 Å². The average molecular weight is 476 g/mol. The molecule has 0 radical (unpaired) electrons. The number of carbonyl (C=O) groups excluding carboxylic acids is 2. The SMILES string of the molecule is CCN=C(Nc1ccc2c(c1)OCO2)S[C@@H]1CC(=O)N(c2ccc(Br)cc2)C1=O. The van der Waals surface area contributed by atoms with Gasteiger partial charge in [-0.3, -0.25) is 14.6 Å². The fraction of sp³-hybridized carbons (Fsp3) is 0.250. The van der Waals surface area contributed by atoms with Gasteiger partial charge in [-0.15, -0.1) is 0 Å². The molecule has 0 spiro atoms. The van der Waals surface area contributed by atoms with Crippen LogP contribution in [0, 0.1) is 0 Å². The number of aliphatic imine (C=N–C) groups is 1. The van der Waals surface area contributed by atoms with Crippen molar-refractivity contribution in [3.05, 3.63) is 46.9 Å². The molecule has 150 valence electrons. The van der Waals surface area contributed by atoms with E-state index in [4.69, 9.17) is 9.47 Å². The largest absolute Gasteiger partial charge is 0.454 e. The molecule has 1 atom stereocenters. The summed E-state index contributed by atoms with van der Waals surface area (Å²) in [5.74, 6) is 0.899. The number of halogens is 1. The fourth-order valence-corrected chi connectivity index (χ4v) is 4.39. The molecule has 2 aromatic rings. The Labute approximate surface area is 180 Å². The zero-order chi connectivity index (χ0) is 20.4. The average Bonchev–Trinajstić information content (AvgIpc) is 3.27. The zero-order valence-corrected chi connectivity index (χ0v) is 18.0. The molecule has 0 saturated carbocycles. The van der Waals surface area contributed by atoms with Gasteiger partial charge < -0.3 is 14.8 Å². The summed E-state index contributed by atoms with van der Waals surface area (Å²) in [5.41, 5.74) is 1.35. The predicted molar refractivity (Wildman–Crippen MR) is 117 cm³/mol. The highest BCUT2D eigenvalue weighted by molar-refractivity contribution is 9.10. The Morgan fingerprint density at radius 2 is 1.97 bits per heavy atom.